The summed E-state index contributed by atoms with van der Waals surface area (Å²) in [5, 5.41) is 3.87. The number of halogens is 1. The molecule has 1 aliphatic carbocycles. The van der Waals surface area contributed by atoms with E-state index in [2.05, 4.69) is 5.32 Å². The van der Waals surface area contributed by atoms with Crippen LogP contribution in [0.1, 0.15) is 49.0 Å². The predicted molar refractivity (Wildman–Crippen MR) is 116 cm³/mol. The molecule has 0 unspecified atom stereocenters. The van der Waals surface area contributed by atoms with Gasteiger partial charge >= 0.3 is 0 Å². The maximum Gasteiger partial charge on any atom is 0.252 e. The quantitative estimate of drug-likeness (QED) is 0.709. The molecule has 2 aromatic rings. The molecule has 8 heteroatoms. The first-order valence-electron chi connectivity index (χ1n) is 10.1. The molecule has 0 atom stereocenters. The van der Waals surface area contributed by atoms with Gasteiger partial charge in [0.05, 0.1) is 12.0 Å². The first kappa shape index (κ1) is 20.8. The Kier molecular flexibility index (Phi) is 6.02. The molecular formula is C21H25ClN2O3S2. The first-order valence-corrected chi connectivity index (χ1v) is 12.7. The van der Waals surface area contributed by atoms with E-state index < -0.39 is 10.0 Å². The van der Waals surface area contributed by atoms with Crippen molar-refractivity contribution in [3.05, 3.63) is 51.9 Å². The average molecular weight is 453 g/mol. The molecule has 0 radical (unpaired) electrons. The zero-order valence-electron chi connectivity index (χ0n) is 16.2. The van der Waals surface area contributed by atoms with Gasteiger partial charge < -0.3 is 5.32 Å². The second kappa shape index (κ2) is 8.38. The van der Waals surface area contributed by atoms with Crippen molar-refractivity contribution < 1.29 is 13.2 Å². The number of thiophene rings is 1. The summed E-state index contributed by atoms with van der Waals surface area (Å²) in [6, 6.07) is 11.0. The highest BCUT2D eigenvalue weighted by atomic mass is 35.5. The summed E-state index contributed by atoms with van der Waals surface area (Å²) in [5.74, 6) is -0.0802. The van der Waals surface area contributed by atoms with Crippen molar-refractivity contribution in [2.24, 2.45) is 0 Å². The Morgan fingerprint density at radius 3 is 2.34 bits per heavy atom. The summed E-state index contributed by atoms with van der Waals surface area (Å²) >= 11 is 7.20. The highest BCUT2D eigenvalue weighted by molar-refractivity contribution is 7.91. The van der Waals surface area contributed by atoms with Crippen LogP contribution in [0, 0.1) is 0 Å². The fraction of sp³-hybridized carbons (Fsp3) is 0.476. The zero-order valence-corrected chi connectivity index (χ0v) is 18.6. The Hall–Kier alpha value is -1.41. The molecule has 1 saturated carbocycles. The summed E-state index contributed by atoms with van der Waals surface area (Å²) in [6.07, 6.45) is 5.96. The number of nitrogens with zero attached hydrogens (tertiary/aromatic N) is 1. The van der Waals surface area contributed by atoms with Gasteiger partial charge in [-0.3, -0.25) is 4.79 Å². The van der Waals surface area contributed by atoms with Gasteiger partial charge in [-0.1, -0.05) is 30.2 Å². The van der Waals surface area contributed by atoms with Gasteiger partial charge in [-0.15, -0.1) is 11.3 Å². The van der Waals surface area contributed by atoms with Crippen LogP contribution in [-0.4, -0.2) is 31.7 Å². The Morgan fingerprint density at radius 2 is 1.72 bits per heavy atom. The van der Waals surface area contributed by atoms with Crippen LogP contribution in [0.3, 0.4) is 0 Å². The third-order valence-electron chi connectivity index (χ3n) is 5.86. The van der Waals surface area contributed by atoms with Crippen LogP contribution in [0.25, 0.3) is 0 Å². The number of piperidine rings is 1. The van der Waals surface area contributed by atoms with Crippen molar-refractivity contribution in [2.45, 2.75) is 54.7 Å². The number of carbonyl (C=O) groups excluding carboxylic acids is 1. The molecule has 2 aliphatic rings. The van der Waals surface area contributed by atoms with E-state index in [0.29, 0.717) is 22.3 Å². The summed E-state index contributed by atoms with van der Waals surface area (Å²) in [7, 11) is -3.45. The average Bonchev–Trinajstić information content (AvgIpc) is 3.15. The van der Waals surface area contributed by atoms with E-state index in [1.807, 2.05) is 24.3 Å². The second-order valence-electron chi connectivity index (χ2n) is 7.85. The molecule has 0 spiro atoms. The van der Waals surface area contributed by atoms with Gasteiger partial charge in [0.1, 0.15) is 4.21 Å². The minimum Gasteiger partial charge on any atom is -0.346 e. The lowest BCUT2D eigenvalue weighted by Gasteiger charge is -2.43. The molecule has 1 N–H and O–H groups in total. The van der Waals surface area contributed by atoms with E-state index in [0.717, 1.165) is 49.0 Å². The highest BCUT2D eigenvalue weighted by Crippen LogP contribution is 2.41. The number of hydrogen-bond acceptors (Lipinski definition) is 4. The molecule has 2 fully saturated rings. The summed E-state index contributed by atoms with van der Waals surface area (Å²) in [4.78, 5) is 13.5. The van der Waals surface area contributed by atoms with Crippen molar-refractivity contribution in [2.75, 3.05) is 13.1 Å². The molecule has 1 aromatic heterocycles. The van der Waals surface area contributed by atoms with Crippen LogP contribution in [0.5, 0.6) is 0 Å². The van der Waals surface area contributed by atoms with Gasteiger partial charge in [-0.25, -0.2) is 8.42 Å². The van der Waals surface area contributed by atoms with E-state index in [-0.39, 0.29) is 17.9 Å². The Morgan fingerprint density at radius 1 is 1.03 bits per heavy atom. The second-order valence-corrected chi connectivity index (χ2v) is 11.6. The topological polar surface area (TPSA) is 66.5 Å². The van der Waals surface area contributed by atoms with E-state index >= 15 is 0 Å². The van der Waals surface area contributed by atoms with Crippen molar-refractivity contribution in [3.8, 4) is 0 Å². The van der Waals surface area contributed by atoms with Crippen molar-refractivity contribution >= 4 is 38.9 Å². The third kappa shape index (κ3) is 4.38. The Balaban J connectivity index is 1.43. The number of nitrogens with one attached hydrogen (secondary N) is 1. The molecule has 2 heterocycles. The lowest BCUT2D eigenvalue weighted by Crippen LogP contribution is -2.51. The molecule has 1 aromatic carbocycles. The third-order valence-corrected chi connectivity index (χ3v) is 9.57. The van der Waals surface area contributed by atoms with Crippen molar-refractivity contribution in [1.29, 1.82) is 0 Å². The van der Waals surface area contributed by atoms with E-state index in [4.69, 9.17) is 11.6 Å². The first-order chi connectivity index (χ1) is 13.9. The van der Waals surface area contributed by atoms with E-state index in [1.54, 1.807) is 16.4 Å². The summed E-state index contributed by atoms with van der Waals surface area (Å²) < 4.78 is 27.5. The van der Waals surface area contributed by atoms with Gasteiger partial charge in [0, 0.05) is 23.0 Å². The molecule has 156 valence electrons. The Labute approximate surface area is 181 Å². The molecule has 1 amide bonds. The van der Waals surface area contributed by atoms with Crippen LogP contribution >= 0.6 is 22.9 Å². The lowest BCUT2D eigenvalue weighted by molar-refractivity contribution is -0.123. The van der Waals surface area contributed by atoms with Gasteiger partial charge in [0.15, 0.2) is 0 Å². The number of benzene rings is 1. The number of carbonyl (C=O) groups is 1. The van der Waals surface area contributed by atoms with E-state index in [9.17, 15) is 13.2 Å². The fourth-order valence-electron chi connectivity index (χ4n) is 4.08. The summed E-state index contributed by atoms with van der Waals surface area (Å²) in [5.41, 5.74) is 0.739. The maximum atomic E-state index is 12.8. The molecule has 5 nitrogen and oxygen atoms in total. The van der Waals surface area contributed by atoms with Gasteiger partial charge in [0.2, 0.25) is 5.91 Å². The van der Waals surface area contributed by atoms with Crippen molar-refractivity contribution in [1.82, 2.24) is 9.62 Å². The molecule has 1 aliphatic heterocycles. The van der Waals surface area contributed by atoms with Crippen LogP contribution in [0.4, 0.5) is 0 Å². The van der Waals surface area contributed by atoms with Crippen LogP contribution in [-0.2, 0) is 26.8 Å². The zero-order chi connectivity index (χ0) is 20.5. The van der Waals surface area contributed by atoms with E-state index in [1.165, 1.54) is 11.3 Å². The minimum atomic E-state index is -3.45. The van der Waals surface area contributed by atoms with Gasteiger partial charge in [-0.2, -0.15) is 4.31 Å². The standard InChI is InChI=1S/C21H25ClN2O3S2/c22-17-7-5-16(6-8-17)21(11-4-12-21)23-19(25)15-18-9-10-20(28-18)29(26,27)24-13-2-1-3-14-24/h5-10H,1-4,11-15H2,(H,23,25). The fourth-order valence-corrected chi connectivity index (χ4v) is 7.23. The van der Waals surface area contributed by atoms with Crippen LogP contribution < -0.4 is 5.32 Å². The molecule has 1 saturated heterocycles. The predicted octanol–water partition coefficient (Wildman–Crippen LogP) is 4.31. The minimum absolute atomic E-state index is 0.0802. The molecule has 4 rings (SSSR count). The largest absolute Gasteiger partial charge is 0.346 e. The van der Waals surface area contributed by atoms with Gasteiger partial charge in [0.25, 0.3) is 10.0 Å². The normalized spacial score (nSPS) is 19.5. The van der Waals surface area contributed by atoms with Gasteiger partial charge in [-0.05, 0) is 61.9 Å². The number of amides is 1. The number of hydrogen-bond donors (Lipinski definition) is 1. The molecule has 29 heavy (non-hydrogen) atoms. The molecule has 0 bridgehead atoms. The summed E-state index contributed by atoms with van der Waals surface area (Å²) in [6.45, 7) is 1.17. The monoisotopic (exact) mass is 452 g/mol. The molecular weight excluding hydrogens is 428 g/mol. The van der Waals surface area contributed by atoms with Crippen LogP contribution in [0.2, 0.25) is 5.02 Å². The van der Waals surface area contributed by atoms with Crippen LogP contribution in [0.15, 0.2) is 40.6 Å². The lowest BCUT2D eigenvalue weighted by atomic mass is 9.71. The Bertz CT molecular complexity index is 976. The number of sulfonamides is 1. The number of rotatable bonds is 6. The SMILES string of the molecule is O=C(Cc1ccc(S(=O)(=O)N2CCCCC2)s1)NC1(c2ccc(Cl)cc2)CCC1. The highest BCUT2D eigenvalue weighted by Gasteiger charge is 2.40. The maximum absolute atomic E-state index is 12.8. The smallest absolute Gasteiger partial charge is 0.252 e. The van der Waals surface area contributed by atoms with Crippen molar-refractivity contribution in [3.63, 3.8) is 0 Å².